The number of benzene rings is 4. The van der Waals surface area contributed by atoms with Crippen molar-refractivity contribution in [3.63, 3.8) is 0 Å². The summed E-state index contributed by atoms with van der Waals surface area (Å²) in [6.07, 6.45) is 1.78. The molecule has 0 aliphatic carbocycles. The van der Waals surface area contributed by atoms with Gasteiger partial charge in [0.05, 0.1) is 45.7 Å². The van der Waals surface area contributed by atoms with E-state index in [0.29, 0.717) is 25.7 Å². The Balaban J connectivity index is 1.26. The smallest absolute Gasteiger partial charge is 0.261 e. The van der Waals surface area contributed by atoms with Crippen molar-refractivity contribution in [3.05, 3.63) is 120 Å². The van der Waals surface area contributed by atoms with Gasteiger partial charge in [0.25, 0.3) is 8.32 Å². The molecule has 4 aromatic carbocycles. The van der Waals surface area contributed by atoms with Crippen molar-refractivity contribution < 1.29 is 33.2 Å². The van der Waals surface area contributed by atoms with Crippen LogP contribution in [0, 0.1) is 29.6 Å². The van der Waals surface area contributed by atoms with E-state index in [4.69, 9.17) is 28.1 Å². The van der Waals surface area contributed by atoms with Crippen molar-refractivity contribution >= 4 is 18.7 Å². The number of methoxy groups -OCH3 is 2. The van der Waals surface area contributed by atoms with Gasteiger partial charge >= 0.3 is 0 Å². The maximum Gasteiger partial charge on any atom is 0.261 e. The molecule has 0 amide bonds. The van der Waals surface area contributed by atoms with Gasteiger partial charge in [0.1, 0.15) is 11.5 Å². The van der Waals surface area contributed by atoms with Gasteiger partial charge in [0.2, 0.25) is 0 Å². The first-order valence-electron chi connectivity index (χ1n) is 21.4. The van der Waals surface area contributed by atoms with E-state index in [2.05, 4.69) is 116 Å². The number of aliphatic hydroxyl groups is 1. The second kappa shape index (κ2) is 21.1. The molecule has 9 atom stereocenters. The van der Waals surface area contributed by atoms with Crippen molar-refractivity contribution in [2.75, 3.05) is 27.4 Å². The van der Waals surface area contributed by atoms with E-state index in [0.717, 1.165) is 41.9 Å². The molecule has 1 saturated heterocycles. The third-order valence-corrected chi connectivity index (χ3v) is 17.3. The van der Waals surface area contributed by atoms with Crippen molar-refractivity contribution in [2.45, 2.75) is 111 Å². The zero-order valence-corrected chi connectivity index (χ0v) is 37.7. The summed E-state index contributed by atoms with van der Waals surface area (Å²) < 4.78 is 38.0. The summed E-state index contributed by atoms with van der Waals surface area (Å²) in [6, 6.07) is 37.6. The minimum absolute atomic E-state index is 0.00544. The molecule has 316 valence electrons. The van der Waals surface area contributed by atoms with E-state index in [1.807, 2.05) is 48.5 Å². The van der Waals surface area contributed by atoms with Crippen LogP contribution in [-0.2, 0) is 25.2 Å². The van der Waals surface area contributed by atoms with Gasteiger partial charge in [-0.3, -0.25) is 0 Å². The molecule has 58 heavy (non-hydrogen) atoms. The maximum absolute atomic E-state index is 11.3. The van der Waals surface area contributed by atoms with Gasteiger partial charge in [-0.1, -0.05) is 140 Å². The second-order valence-electron chi connectivity index (χ2n) is 17.9. The summed E-state index contributed by atoms with van der Waals surface area (Å²) in [5.41, 5.74) is 2.07. The van der Waals surface area contributed by atoms with Gasteiger partial charge in [-0.25, -0.2) is 0 Å². The quantitative estimate of drug-likeness (QED) is 0.0892. The highest BCUT2D eigenvalue weighted by Gasteiger charge is 2.51. The second-order valence-corrected chi connectivity index (χ2v) is 22.2. The number of rotatable bonds is 20. The van der Waals surface area contributed by atoms with Crippen LogP contribution < -0.4 is 19.8 Å². The summed E-state index contributed by atoms with van der Waals surface area (Å²) in [5, 5.41) is 13.7. The van der Waals surface area contributed by atoms with Crippen LogP contribution in [0.3, 0.4) is 0 Å². The van der Waals surface area contributed by atoms with Crippen LogP contribution in [0.1, 0.15) is 92.1 Å². The molecule has 4 aromatic rings. The molecular weight excluding hydrogens is 741 g/mol. The lowest BCUT2D eigenvalue weighted by Gasteiger charge is -2.46. The average Bonchev–Trinajstić information content (AvgIpc) is 3.23. The molecule has 0 saturated carbocycles. The highest BCUT2D eigenvalue weighted by atomic mass is 28.4. The number of ether oxygens (including phenoxy) is 5. The summed E-state index contributed by atoms with van der Waals surface area (Å²) in [7, 11) is 0.621. The summed E-state index contributed by atoms with van der Waals surface area (Å²) in [6.45, 7) is 19.7. The zero-order valence-electron chi connectivity index (χ0n) is 36.7. The van der Waals surface area contributed by atoms with Crippen LogP contribution in [0.4, 0.5) is 0 Å². The molecule has 1 fully saturated rings. The maximum atomic E-state index is 11.3. The molecular formula is C50H70O7Si. The van der Waals surface area contributed by atoms with Crippen molar-refractivity contribution in [3.8, 4) is 11.5 Å². The van der Waals surface area contributed by atoms with E-state index in [1.54, 1.807) is 14.2 Å². The van der Waals surface area contributed by atoms with E-state index in [1.165, 1.54) is 10.4 Å². The van der Waals surface area contributed by atoms with Gasteiger partial charge in [0.15, 0.2) is 6.29 Å². The van der Waals surface area contributed by atoms with Gasteiger partial charge in [-0.2, -0.15) is 0 Å². The van der Waals surface area contributed by atoms with Crippen LogP contribution in [0.5, 0.6) is 11.5 Å². The van der Waals surface area contributed by atoms with E-state index in [9.17, 15) is 5.11 Å². The monoisotopic (exact) mass is 810 g/mol. The number of hydrogen-bond acceptors (Lipinski definition) is 7. The third-order valence-electron chi connectivity index (χ3n) is 12.3. The molecule has 0 radical (unpaired) electrons. The van der Waals surface area contributed by atoms with Crippen molar-refractivity contribution in [1.82, 2.24) is 0 Å². The summed E-state index contributed by atoms with van der Waals surface area (Å²) >= 11 is 0. The van der Waals surface area contributed by atoms with E-state index in [-0.39, 0.29) is 40.9 Å². The lowest BCUT2D eigenvalue weighted by Crippen LogP contribution is -2.67. The fraction of sp³-hybridized carbons (Fsp3) is 0.520. The lowest BCUT2D eigenvalue weighted by atomic mass is 9.82. The standard InChI is InChI=1S/C50H70O7Si/c1-35(31-36(2)47(51)37(3)32-54-34-40-22-26-42(52-9)27-23-40)21-30-46-39(5)48(57-49(56-46)41-24-28-43(53-10)29-25-41)38(4)33-55-58(50(6,7)8,44-17-13-11-14-18-44)45-19-15-12-16-20-45/h11-20,22-29,35-39,46-49,51H,21,30-34H2,1-10H3/t35-,36+,37+,38+,39+,46-,47-,48+,49-/m1/s1. The topological polar surface area (TPSA) is 75.6 Å². The molecule has 0 unspecified atom stereocenters. The molecule has 0 aromatic heterocycles. The molecule has 1 N–H and O–H groups in total. The first kappa shape index (κ1) is 45.6. The van der Waals surface area contributed by atoms with Crippen LogP contribution in [0.2, 0.25) is 5.04 Å². The predicted octanol–water partition coefficient (Wildman–Crippen LogP) is 9.99. The van der Waals surface area contributed by atoms with Crippen molar-refractivity contribution in [2.24, 2.45) is 29.6 Å². The van der Waals surface area contributed by atoms with Gasteiger partial charge < -0.3 is 33.2 Å². The lowest BCUT2D eigenvalue weighted by molar-refractivity contribution is -0.283. The SMILES string of the molecule is COc1ccc(COC[C@H](C)[C@H](O)[C@@H](C)C[C@H](C)CC[C@H]2O[C@@H](c3ccc(OC)cc3)O[C@@H]([C@@H](C)CO[Si](c3ccccc3)(c3ccccc3)C(C)(C)C)[C@H]2C)cc1. The Labute approximate surface area is 350 Å². The largest absolute Gasteiger partial charge is 0.497 e. The van der Waals surface area contributed by atoms with Gasteiger partial charge in [-0.05, 0) is 76.3 Å². The molecule has 1 heterocycles. The van der Waals surface area contributed by atoms with Crippen LogP contribution in [0.15, 0.2) is 109 Å². The first-order chi connectivity index (χ1) is 27.8. The Bertz CT molecular complexity index is 1720. The third kappa shape index (κ3) is 11.4. The fourth-order valence-electron chi connectivity index (χ4n) is 8.89. The first-order valence-corrected chi connectivity index (χ1v) is 23.3. The Morgan fingerprint density at radius 3 is 1.79 bits per heavy atom. The molecule has 7 nitrogen and oxygen atoms in total. The Morgan fingerprint density at radius 1 is 0.707 bits per heavy atom. The molecule has 0 spiro atoms. The fourth-order valence-corrected chi connectivity index (χ4v) is 13.6. The molecule has 1 aliphatic heterocycles. The minimum Gasteiger partial charge on any atom is -0.497 e. The van der Waals surface area contributed by atoms with E-state index >= 15 is 0 Å². The summed E-state index contributed by atoms with van der Waals surface area (Å²) in [5.74, 6) is 2.45. The highest BCUT2D eigenvalue weighted by Crippen LogP contribution is 2.41. The van der Waals surface area contributed by atoms with E-state index < -0.39 is 20.7 Å². The average molecular weight is 811 g/mol. The normalized spacial score (nSPS) is 21.4. The van der Waals surface area contributed by atoms with Crippen LogP contribution >= 0.6 is 0 Å². The molecule has 1 aliphatic rings. The Kier molecular flexibility index (Phi) is 16.6. The zero-order chi connectivity index (χ0) is 41.9. The summed E-state index contributed by atoms with van der Waals surface area (Å²) in [4.78, 5) is 0. The van der Waals surface area contributed by atoms with Crippen LogP contribution in [-0.4, -0.2) is 59.2 Å². The Morgan fingerprint density at radius 2 is 1.26 bits per heavy atom. The minimum atomic E-state index is -2.73. The van der Waals surface area contributed by atoms with Gasteiger partial charge in [-0.15, -0.1) is 0 Å². The number of hydrogen-bond donors (Lipinski definition) is 1. The molecule has 8 heteroatoms. The predicted molar refractivity (Wildman–Crippen MR) is 237 cm³/mol. The molecule has 5 rings (SSSR count). The number of aliphatic hydroxyl groups excluding tert-OH is 1. The van der Waals surface area contributed by atoms with Crippen LogP contribution in [0.25, 0.3) is 0 Å². The highest BCUT2D eigenvalue weighted by molar-refractivity contribution is 6.99. The molecule has 0 bridgehead atoms. The van der Waals surface area contributed by atoms with Crippen molar-refractivity contribution in [1.29, 1.82) is 0 Å². The Hall–Kier alpha value is -3.50. The van der Waals surface area contributed by atoms with Gasteiger partial charge in [0, 0.05) is 29.9 Å².